The number of fused-ring (bicyclic) bond motifs is 1. The van der Waals surface area contributed by atoms with Crippen LogP contribution in [0.1, 0.15) is 61.2 Å². The molecule has 0 atom stereocenters. The van der Waals surface area contributed by atoms with Gasteiger partial charge in [0.2, 0.25) is 5.91 Å². The lowest BCUT2D eigenvalue weighted by molar-refractivity contribution is -0.136. The molecule has 2 aliphatic carbocycles. The SMILES string of the molecule is Cc1sc2nc(CN(C(=O)C3CC3)C3CCCCC3)[nH]c(=O)c2c1C. The molecule has 0 aromatic carbocycles. The molecule has 1 amide bonds. The van der Waals surface area contributed by atoms with Crippen molar-refractivity contribution in [3.05, 3.63) is 26.6 Å². The molecule has 0 saturated heterocycles. The zero-order valence-corrected chi connectivity index (χ0v) is 15.7. The van der Waals surface area contributed by atoms with Gasteiger partial charge in [0.15, 0.2) is 0 Å². The van der Waals surface area contributed by atoms with Crippen molar-refractivity contribution >= 4 is 27.5 Å². The second kappa shape index (κ2) is 6.56. The van der Waals surface area contributed by atoms with Gasteiger partial charge in [0.05, 0.1) is 11.9 Å². The van der Waals surface area contributed by atoms with E-state index in [1.54, 1.807) is 11.3 Å². The van der Waals surface area contributed by atoms with Gasteiger partial charge in [0.1, 0.15) is 10.7 Å². The lowest BCUT2D eigenvalue weighted by Crippen LogP contribution is -2.42. The van der Waals surface area contributed by atoms with Crippen LogP contribution in [0.15, 0.2) is 4.79 Å². The van der Waals surface area contributed by atoms with E-state index in [2.05, 4.69) is 9.97 Å². The second-order valence-electron chi connectivity index (χ2n) is 7.51. The maximum Gasteiger partial charge on any atom is 0.259 e. The highest BCUT2D eigenvalue weighted by atomic mass is 32.1. The van der Waals surface area contributed by atoms with Gasteiger partial charge in [0.25, 0.3) is 5.56 Å². The molecule has 6 heteroatoms. The van der Waals surface area contributed by atoms with E-state index in [1.807, 2.05) is 18.7 Å². The first kappa shape index (κ1) is 16.8. The van der Waals surface area contributed by atoms with E-state index >= 15 is 0 Å². The molecule has 0 unspecified atom stereocenters. The van der Waals surface area contributed by atoms with Gasteiger partial charge >= 0.3 is 0 Å². The van der Waals surface area contributed by atoms with Crippen molar-refractivity contribution in [2.24, 2.45) is 5.92 Å². The summed E-state index contributed by atoms with van der Waals surface area (Å²) in [5.74, 6) is 1.08. The molecule has 2 aliphatic rings. The van der Waals surface area contributed by atoms with Crippen LogP contribution in [-0.4, -0.2) is 26.8 Å². The Balaban J connectivity index is 1.66. The Morgan fingerprint density at radius 3 is 2.60 bits per heavy atom. The van der Waals surface area contributed by atoms with Crippen LogP contribution in [0.2, 0.25) is 0 Å². The molecule has 2 heterocycles. The fraction of sp³-hybridized carbons (Fsp3) is 0.632. The Morgan fingerprint density at radius 1 is 1.20 bits per heavy atom. The van der Waals surface area contributed by atoms with Crippen molar-refractivity contribution in [1.82, 2.24) is 14.9 Å². The number of hydrogen-bond donors (Lipinski definition) is 1. The number of hydrogen-bond acceptors (Lipinski definition) is 4. The van der Waals surface area contributed by atoms with E-state index in [0.717, 1.165) is 41.0 Å². The summed E-state index contributed by atoms with van der Waals surface area (Å²) in [6.07, 6.45) is 7.79. The molecular formula is C19H25N3O2S. The average Bonchev–Trinajstić information content (AvgIpc) is 3.40. The number of nitrogens with zero attached hydrogens (tertiary/aromatic N) is 2. The predicted molar refractivity (Wildman–Crippen MR) is 99.9 cm³/mol. The highest BCUT2D eigenvalue weighted by molar-refractivity contribution is 7.18. The minimum Gasteiger partial charge on any atom is -0.332 e. The summed E-state index contributed by atoms with van der Waals surface area (Å²) in [4.78, 5) is 36.9. The molecule has 4 rings (SSSR count). The van der Waals surface area contributed by atoms with Crippen LogP contribution >= 0.6 is 11.3 Å². The van der Waals surface area contributed by atoms with Gasteiger partial charge in [-0.15, -0.1) is 11.3 Å². The Hall–Kier alpha value is -1.69. The third kappa shape index (κ3) is 3.24. The fourth-order valence-corrected chi connectivity index (χ4v) is 4.93. The Kier molecular flexibility index (Phi) is 4.40. The fourth-order valence-electron chi connectivity index (χ4n) is 3.88. The third-order valence-corrected chi connectivity index (χ3v) is 6.73. The molecule has 5 nitrogen and oxygen atoms in total. The number of amides is 1. The third-order valence-electron chi connectivity index (χ3n) is 5.63. The van der Waals surface area contributed by atoms with E-state index in [0.29, 0.717) is 23.8 Å². The van der Waals surface area contributed by atoms with Crippen molar-refractivity contribution in [2.45, 2.75) is 71.4 Å². The number of carbonyl (C=O) groups excluding carboxylic acids is 1. The zero-order chi connectivity index (χ0) is 17.6. The first-order chi connectivity index (χ1) is 12.0. The van der Waals surface area contributed by atoms with Gasteiger partial charge in [-0.1, -0.05) is 19.3 Å². The molecule has 0 bridgehead atoms. The Bertz CT molecular complexity index is 859. The highest BCUT2D eigenvalue weighted by Gasteiger charge is 2.37. The van der Waals surface area contributed by atoms with Crippen LogP contribution in [0, 0.1) is 19.8 Å². The first-order valence-corrected chi connectivity index (χ1v) is 10.2. The Labute approximate surface area is 151 Å². The molecule has 2 aromatic rings. The van der Waals surface area contributed by atoms with Gasteiger partial charge in [-0.3, -0.25) is 9.59 Å². The van der Waals surface area contributed by atoms with Gasteiger partial charge in [0, 0.05) is 16.8 Å². The van der Waals surface area contributed by atoms with Crippen LogP contribution in [0.3, 0.4) is 0 Å². The number of aromatic amines is 1. The number of carbonyl (C=O) groups is 1. The number of aromatic nitrogens is 2. The Morgan fingerprint density at radius 2 is 1.92 bits per heavy atom. The normalized spacial score (nSPS) is 18.6. The highest BCUT2D eigenvalue weighted by Crippen LogP contribution is 2.34. The lowest BCUT2D eigenvalue weighted by Gasteiger charge is -2.34. The van der Waals surface area contributed by atoms with Crippen LogP contribution in [0.25, 0.3) is 10.2 Å². The largest absolute Gasteiger partial charge is 0.332 e. The summed E-state index contributed by atoms with van der Waals surface area (Å²) >= 11 is 1.56. The minimum atomic E-state index is -0.0793. The number of nitrogens with one attached hydrogen (secondary N) is 1. The van der Waals surface area contributed by atoms with Gasteiger partial charge in [-0.25, -0.2) is 4.98 Å². The van der Waals surface area contributed by atoms with Crippen LogP contribution < -0.4 is 5.56 Å². The average molecular weight is 359 g/mol. The molecule has 1 N–H and O–H groups in total. The summed E-state index contributed by atoms with van der Waals surface area (Å²) in [5, 5.41) is 0.698. The summed E-state index contributed by atoms with van der Waals surface area (Å²) in [5.41, 5.74) is 0.933. The number of rotatable bonds is 4. The summed E-state index contributed by atoms with van der Waals surface area (Å²) in [6, 6.07) is 0.301. The summed E-state index contributed by atoms with van der Waals surface area (Å²) in [7, 11) is 0. The molecule has 2 aromatic heterocycles. The molecule has 2 fully saturated rings. The first-order valence-electron chi connectivity index (χ1n) is 9.34. The van der Waals surface area contributed by atoms with Crippen LogP contribution in [-0.2, 0) is 11.3 Å². The molecule has 0 spiro atoms. The second-order valence-corrected chi connectivity index (χ2v) is 8.71. The van der Waals surface area contributed by atoms with Gasteiger partial charge in [-0.05, 0) is 45.1 Å². The quantitative estimate of drug-likeness (QED) is 0.906. The van der Waals surface area contributed by atoms with E-state index < -0.39 is 0 Å². The van der Waals surface area contributed by atoms with Crippen molar-refractivity contribution in [2.75, 3.05) is 0 Å². The van der Waals surface area contributed by atoms with Crippen LogP contribution in [0.4, 0.5) is 0 Å². The smallest absolute Gasteiger partial charge is 0.259 e. The zero-order valence-electron chi connectivity index (χ0n) is 14.9. The van der Waals surface area contributed by atoms with Crippen molar-refractivity contribution in [1.29, 1.82) is 0 Å². The number of H-pyrrole nitrogens is 1. The van der Waals surface area contributed by atoms with Gasteiger partial charge in [-0.2, -0.15) is 0 Å². The molecule has 0 aliphatic heterocycles. The van der Waals surface area contributed by atoms with Crippen molar-refractivity contribution in [3.8, 4) is 0 Å². The van der Waals surface area contributed by atoms with E-state index in [4.69, 9.17) is 0 Å². The van der Waals surface area contributed by atoms with E-state index in [-0.39, 0.29) is 17.4 Å². The van der Waals surface area contributed by atoms with E-state index in [1.165, 1.54) is 19.3 Å². The maximum atomic E-state index is 12.8. The molecule has 134 valence electrons. The summed E-state index contributed by atoms with van der Waals surface area (Å²) in [6.45, 7) is 4.42. The number of thiophene rings is 1. The lowest BCUT2D eigenvalue weighted by atomic mass is 9.94. The van der Waals surface area contributed by atoms with Crippen molar-refractivity contribution in [3.63, 3.8) is 0 Å². The predicted octanol–water partition coefficient (Wildman–Crippen LogP) is 3.67. The minimum absolute atomic E-state index is 0.0793. The molecule has 25 heavy (non-hydrogen) atoms. The molecule has 0 radical (unpaired) electrons. The standard InChI is InChI=1S/C19H25N3O2S/c1-11-12(2)25-18-16(11)17(23)20-15(21-18)10-22(19(24)13-8-9-13)14-6-4-3-5-7-14/h13-14H,3-10H2,1-2H3,(H,20,21,23). The molecule has 2 saturated carbocycles. The van der Waals surface area contributed by atoms with Crippen LogP contribution in [0.5, 0.6) is 0 Å². The topological polar surface area (TPSA) is 66.1 Å². The molecular weight excluding hydrogens is 334 g/mol. The number of aryl methyl sites for hydroxylation is 2. The van der Waals surface area contributed by atoms with Gasteiger partial charge < -0.3 is 9.88 Å². The summed E-state index contributed by atoms with van der Waals surface area (Å²) < 4.78 is 0. The monoisotopic (exact) mass is 359 g/mol. The maximum absolute atomic E-state index is 12.8. The van der Waals surface area contributed by atoms with E-state index in [9.17, 15) is 9.59 Å². The van der Waals surface area contributed by atoms with Crippen molar-refractivity contribution < 1.29 is 4.79 Å².